The van der Waals surface area contributed by atoms with Crippen molar-refractivity contribution in [1.82, 2.24) is 16.0 Å². The molecule has 0 spiro atoms. The predicted octanol–water partition coefficient (Wildman–Crippen LogP) is 2.44. The van der Waals surface area contributed by atoms with E-state index < -0.39 is 0 Å². The number of carbonyl (C=O) groups is 1. The first-order chi connectivity index (χ1) is 11.8. The zero-order chi connectivity index (χ0) is 16.6. The first kappa shape index (κ1) is 20.1. The van der Waals surface area contributed by atoms with Crippen LogP contribution in [0.15, 0.2) is 27.8 Å². The SMILES string of the molecule is I.O=C(NCCNC(=NCCc1ccco1)NC1CCCC1)C1CC1. The fraction of sp³-hybridized carbons (Fsp3) is 0.667. The smallest absolute Gasteiger partial charge is 0.223 e. The highest BCUT2D eigenvalue weighted by atomic mass is 127. The molecular weight excluding hydrogens is 431 g/mol. The molecule has 0 bridgehead atoms. The number of furan rings is 1. The minimum atomic E-state index is 0. The lowest BCUT2D eigenvalue weighted by molar-refractivity contribution is -0.122. The Hall–Kier alpha value is -1.25. The topological polar surface area (TPSA) is 78.7 Å². The van der Waals surface area contributed by atoms with Crippen LogP contribution < -0.4 is 16.0 Å². The Morgan fingerprint density at radius 3 is 2.60 bits per heavy atom. The Morgan fingerprint density at radius 2 is 1.92 bits per heavy atom. The standard InChI is InChI=1S/C18H28N4O2.HI/c23-17(14-7-8-14)19-11-12-21-18(22-15-4-1-2-5-15)20-10-9-16-6-3-13-24-16;/h3,6,13-15H,1-2,4-5,7-12H2,(H,19,23)(H2,20,21,22);1H. The van der Waals surface area contributed by atoms with E-state index in [1.54, 1.807) is 6.26 Å². The summed E-state index contributed by atoms with van der Waals surface area (Å²) in [5, 5.41) is 9.82. The monoisotopic (exact) mass is 460 g/mol. The number of halogens is 1. The summed E-state index contributed by atoms with van der Waals surface area (Å²) < 4.78 is 5.34. The quantitative estimate of drug-likeness (QED) is 0.241. The highest BCUT2D eigenvalue weighted by Gasteiger charge is 2.29. The van der Waals surface area contributed by atoms with Gasteiger partial charge in [0.1, 0.15) is 5.76 Å². The number of hydrogen-bond acceptors (Lipinski definition) is 3. The Morgan fingerprint density at radius 1 is 1.16 bits per heavy atom. The molecule has 1 heterocycles. The summed E-state index contributed by atoms with van der Waals surface area (Å²) in [4.78, 5) is 16.3. The summed E-state index contributed by atoms with van der Waals surface area (Å²) in [6.07, 6.45) is 9.56. The van der Waals surface area contributed by atoms with E-state index in [0.29, 0.717) is 25.7 Å². The number of aliphatic imine (C=N–C) groups is 1. The van der Waals surface area contributed by atoms with Gasteiger partial charge in [-0.25, -0.2) is 0 Å². The van der Waals surface area contributed by atoms with Crippen LogP contribution in [0, 0.1) is 5.92 Å². The van der Waals surface area contributed by atoms with Crippen molar-refractivity contribution < 1.29 is 9.21 Å². The van der Waals surface area contributed by atoms with Gasteiger partial charge in [-0.2, -0.15) is 0 Å². The van der Waals surface area contributed by atoms with Crippen molar-refractivity contribution in [1.29, 1.82) is 0 Å². The van der Waals surface area contributed by atoms with Crippen molar-refractivity contribution in [3.05, 3.63) is 24.2 Å². The van der Waals surface area contributed by atoms with Crippen molar-refractivity contribution in [2.75, 3.05) is 19.6 Å². The first-order valence-corrected chi connectivity index (χ1v) is 9.16. The van der Waals surface area contributed by atoms with Crippen LogP contribution in [0.2, 0.25) is 0 Å². The number of nitrogens with zero attached hydrogens (tertiary/aromatic N) is 1. The van der Waals surface area contributed by atoms with Crippen molar-refractivity contribution in [3.63, 3.8) is 0 Å². The van der Waals surface area contributed by atoms with Crippen LogP contribution in [0.3, 0.4) is 0 Å². The molecule has 0 radical (unpaired) electrons. The van der Waals surface area contributed by atoms with E-state index in [-0.39, 0.29) is 35.8 Å². The number of rotatable bonds is 8. The van der Waals surface area contributed by atoms with E-state index in [1.165, 1.54) is 25.7 Å². The van der Waals surface area contributed by atoms with Crippen molar-refractivity contribution in [2.24, 2.45) is 10.9 Å². The normalized spacial score (nSPS) is 17.8. The highest BCUT2D eigenvalue weighted by Crippen LogP contribution is 2.28. The van der Waals surface area contributed by atoms with Crippen LogP contribution in [0.25, 0.3) is 0 Å². The number of guanidine groups is 1. The van der Waals surface area contributed by atoms with Crippen LogP contribution in [0.1, 0.15) is 44.3 Å². The van der Waals surface area contributed by atoms with Gasteiger partial charge in [-0.3, -0.25) is 9.79 Å². The minimum absolute atomic E-state index is 0. The summed E-state index contributed by atoms with van der Waals surface area (Å²) >= 11 is 0. The van der Waals surface area contributed by atoms with Crippen LogP contribution in [0.4, 0.5) is 0 Å². The third-order valence-corrected chi connectivity index (χ3v) is 4.57. The van der Waals surface area contributed by atoms with Gasteiger partial charge in [-0.1, -0.05) is 12.8 Å². The van der Waals surface area contributed by atoms with Gasteiger partial charge in [-0.05, 0) is 37.8 Å². The molecule has 6 nitrogen and oxygen atoms in total. The predicted molar refractivity (Wildman–Crippen MR) is 109 cm³/mol. The molecule has 1 aromatic heterocycles. The van der Waals surface area contributed by atoms with Gasteiger partial charge in [0, 0.05) is 38.0 Å². The maximum atomic E-state index is 11.6. The highest BCUT2D eigenvalue weighted by molar-refractivity contribution is 14.0. The molecule has 7 heteroatoms. The number of amides is 1. The molecule has 2 aliphatic carbocycles. The zero-order valence-electron chi connectivity index (χ0n) is 14.6. The molecule has 0 unspecified atom stereocenters. The van der Waals surface area contributed by atoms with E-state index in [0.717, 1.165) is 31.0 Å². The molecule has 3 rings (SSSR count). The molecule has 2 aliphatic rings. The average molecular weight is 460 g/mol. The lowest BCUT2D eigenvalue weighted by atomic mass is 10.2. The van der Waals surface area contributed by atoms with Gasteiger partial charge in [0.25, 0.3) is 0 Å². The molecule has 140 valence electrons. The van der Waals surface area contributed by atoms with Crippen molar-refractivity contribution in [3.8, 4) is 0 Å². The molecule has 2 saturated carbocycles. The van der Waals surface area contributed by atoms with E-state index >= 15 is 0 Å². The van der Waals surface area contributed by atoms with E-state index in [4.69, 9.17) is 4.42 Å². The van der Waals surface area contributed by atoms with Crippen molar-refractivity contribution >= 4 is 35.8 Å². The summed E-state index contributed by atoms with van der Waals surface area (Å²) in [7, 11) is 0. The first-order valence-electron chi connectivity index (χ1n) is 9.16. The molecule has 3 N–H and O–H groups in total. The van der Waals surface area contributed by atoms with Gasteiger partial charge in [0.05, 0.1) is 6.26 Å². The van der Waals surface area contributed by atoms with Gasteiger partial charge in [0.2, 0.25) is 5.91 Å². The summed E-state index contributed by atoms with van der Waals surface area (Å²) in [5.74, 6) is 2.25. The Balaban J connectivity index is 0.00000225. The van der Waals surface area contributed by atoms with Crippen LogP contribution in [-0.2, 0) is 11.2 Å². The van der Waals surface area contributed by atoms with Gasteiger partial charge >= 0.3 is 0 Å². The largest absolute Gasteiger partial charge is 0.469 e. The lowest BCUT2D eigenvalue weighted by Gasteiger charge is -2.17. The molecule has 0 atom stereocenters. The maximum Gasteiger partial charge on any atom is 0.223 e. The number of hydrogen-bond donors (Lipinski definition) is 3. The third-order valence-electron chi connectivity index (χ3n) is 4.57. The molecule has 0 aliphatic heterocycles. The van der Waals surface area contributed by atoms with Crippen molar-refractivity contribution in [2.45, 2.75) is 51.0 Å². The third kappa shape index (κ3) is 7.25. The fourth-order valence-electron chi connectivity index (χ4n) is 3.01. The van der Waals surface area contributed by atoms with Crippen LogP contribution >= 0.6 is 24.0 Å². The zero-order valence-corrected chi connectivity index (χ0v) is 17.0. The number of nitrogens with one attached hydrogen (secondary N) is 3. The Labute approximate surface area is 166 Å². The molecule has 2 fully saturated rings. The maximum absolute atomic E-state index is 11.6. The van der Waals surface area contributed by atoms with Gasteiger partial charge < -0.3 is 20.4 Å². The minimum Gasteiger partial charge on any atom is -0.469 e. The second kappa shape index (κ2) is 10.7. The average Bonchev–Trinajstić information content (AvgIpc) is 3.07. The molecule has 0 aromatic carbocycles. The van der Waals surface area contributed by atoms with Gasteiger partial charge in [0.15, 0.2) is 5.96 Å². The fourth-order valence-corrected chi connectivity index (χ4v) is 3.01. The summed E-state index contributed by atoms with van der Waals surface area (Å²) in [6, 6.07) is 4.39. The van der Waals surface area contributed by atoms with E-state index in [9.17, 15) is 4.79 Å². The van der Waals surface area contributed by atoms with E-state index in [2.05, 4.69) is 20.9 Å². The molecule has 0 saturated heterocycles. The van der Waals surface area contributed by atoms with Crippen LogP contribution in [-0.4, -0.2) is 37.5 Å². The second-order valence-electron chi connectivity index (χ2n) is 6.68. The Bertz CT molecular complexity index is 537. The Kier molecular flexibility index (Phi) is 8.57. The summed E-state index contributed by atoms with van der Waals surface area (Å²) in [6.45, 7) is 2.01. The lowest BCUT2D eigenvalue weighted by Crippen LogP contribution is -2.45. The molecule has 1 amide bonds. The molecular formula is C18H29IN4O2. The molecule has 25 heavy (non-hydrogen) atoms. The van der Waals surface area contributed by atoms with Gasteiger partial charge in [-0.15, -0.1) is 24.0 Å². The number of carbonyl (C=O) groups excluding carboxylic acids is 1. The van der Waals surface area contributed by atoms with E-state index in [1.807, 2.05) is 12.1 Å². The second-order valence-corrected chi connectivity index (χ2v) is 6.68. The summed E-state index contributed by atoms with van der Waals surface area (Å²) in [5.41, 5.74) is 0. The van der Waals surface area contributed by atoms with Crippen LogP contribution in [0.5, 0.6) is 0 Å². The molecule has 1 aromatic rings.